The lowest BCUT2D eigenvalue weighted by molar-refractivity contribution is -0.137. The number of pyridine rings is 1. The maximum atomic E-state index is 13.4. The predicted molar refractivity (Wildman–Crippen MR) is 109 cm³/mol. The van der Waals surface area contributed by atoms with Crippen molar-refractivity contribution in [3.05, 3.63) is 72.1 Å². The monoisotopic (exact) mass is 421 g/mol. The molecule has 2 aromatic heterocycles. The van der Waals surface area contributed by atoms with E-state index in [1.165, 1.54) is 13.2 Å². The molecule has 0 fully saturated rings. The number of nitriles is 1. The quantitative estimate of drug-likeness (QED) is 0.479. The van der Waals surface area contributed by atoms with Crippen LogP contribution in [0.15, 0.2) is 60.9 Å². The largest absolute Gasteiger partial charge is 0.497 e. The number of nitrogens with one attached hydrogen (secondary N) is 1. The van der Waals surface area contributed by atoms with Gasteiger partial charge in [-0.05, 0) is 48.5 Å². The smallest absolute Gasteiger partial charge is 0.417 e. The Kier molecular flexibility index (Phi) is 5.13. The Hall–Kier alpha value is -4.19. The van der Waals surface area contributed by atoms with Gasteiger partial charge in [-0.3, -0.25) is 4.98 Å². The van der Waals surface area contributed by atoms with Gasteiger partial charge < -0.3 is 10.1 Å². The van der Waals surface area contributed by atoms with Gasteiger partial charge in [-0.15, -0.1) is 0 Å². The molecule has 0 amide bonds. The Bertz CT molecular complexity index is 1300. The summed E-state index contributed by atoms with van der Waals surface area (Å²) in [6, 6.07) is 13.7. The zero-order valence-corrected chi connectivity index (χ0v) is 16.1. The molecule has 154 valence electrons. The molecule has 0 radical (unpaired) electrons. The molecule has 2 heterocycles. The van der Waals surface area contributed by atoms with Crippen LogP contribution in [0.1, 0.15) is 11.1 Å². The SMILES string of the molecule is COc1ccc2nc(-c3cccnc3)nc(Nc3ccc(C#N)c(C(F)(F)F)c3)c2c1. The van der Waals surface area contributed by atoms with Gasteiger partial charge in [0, 0.05) is 29.0 Å². The molecule has 0 atom stereocenters. The van der Waals surface area contributed by atoms with Gasteiger partial charge in [0.1, 0.15) is 11.6 Å². The van der Waals surface area contributed by atoms with Gasteiger partial charge in [0.15, 0.2) is 5.82 Å². The number of methoxy groups -OCH3 is 1. The highest BCUT2D eigenvalue weighted by atomic mass is 19.4. The summed E-state index contributed by atoms with van der Waals surface area (Å²) in [6.45, 7) is 0. The van der Waals surface area contributed by atoms with Crippen molar-refractivity contribution in [2.45, 2.75) is 6.18 Å². The first-order valence-corrected chi connectivity index (χ1v) is 9.03. The second-order valence-electron chi connectivity index (χ2n) is 6.52. The van der Waals surface area contributed by atoms with Crippen LogP contribution in [-0.4, -0.2) is 22.1 Å². The minimum atomic E-state index is -4.67. The third-order valence-corrected chi connectivity index (χ3v) is 4.53. The van der Waals surface area contributed by atoms with Crippen molar-refractivity contribution in [2.24, 2.45) is 0 Å². The first-order chi connectivity index (χ1) is 14.9. The minimum Gasteiger partial charge on any atom is -0.497 e. The molecule has 1 N–H and O–H groups in total. The highest BCUT2D eigenvalue weighted by Crippen LogP contribution is 2.35. The molecule has 0 aliphatic rings. The molecule has 0 spiro atoms. The number of alkyl halides is 3. The third-order valence-electron chi connectivity index (χ3n) is 4.53. The fraction of sp³-hybridized carbons (Fsp3) is 0.0909. The molecule has 4 rings (SSSR count). The first kappa shape index (κ1) is 20.1. The molecule has 0 saturated carbocycles. The van der Waals surface area contributed by atoms with Gasteiger partial charge in [0.2, 0.25) is 0 Å². The second kappa shape index (κ2) is 7.91. The lowest BCUT2D eigenvalue weighted by Crippen LogP contribution is -2.09. The summed E-state index contributed by atoms with van der Waals surface area (Å²) in [5.41, 5.74) is -0.126. The van der Waals surface area contributed by atoms with Crippen molar-refractivity contribution < 1.29 is 17.9 Å². The van der Waals surface area contributed by atoms with E-state index < -0.39 is 17.3 Å². The molecular formula is C22H14F3N5O. The van der Waals surface area contributed by atoms with Gasteiger partial charge in [-0.25, -0.2) is 9.97 Å². The Labute approximate surface area is 175 Å². The lowest BCUT2D eigenvalue weighted by Gasteiger charge is -2.14. The molecular weight excluding hydrogens is 407 g/mol. The first-order valence-electron chi connectivity index (χ1n) is 9.03. The summed E-state index contributed by atoms with van der Waals surface area (Å²) in [6.07, 6.45) is -1.46. The van der Waals surface area contributed by atoms with Crippen LogP contribution in [0.25, 0.3) is 22.3 Å². The van der Waals surface area contributed by atoms with E-state index >= 15 is 0 Å². The maximum Gasteiger partial charge on any atom is 0.417 e. The number of fused-ring (bicyclic) bond motifs is 1. The van der Waals surface area contributed by atoms with Crippen LogP contribution in [0.3, 0.4) is 0 Å². The van der Waals surface area contributed by atoms with Crippen LogP contribution in [0.2, 0.25) is 0 Å². The number of ether oxygens (including phenoxy) is 1. The van der Waals surface area contributed by atoms with Crippen LogP contribution in [0.5, 0.6) is 5.75 Å². The number of rotatable bonds is 4. The van der Waals surface area contributed by atoms with Gasteiger partial charge >= 0.3 is 6.18 Å². The summed E-state index contributed by atoms with van der Waals surface area (Å²) in [5, 5.41) is 12.5. The van der Waals surface area contributed by atoms with E-state index in [1.54, 1.807) is 48.8 Å². The number of aromatic nitrogens is 3. The van der Waals surface area contributed by atoms with Gasteiger partial charge in [-0.2, -0.15) is 18.4 Å². The fourth-order valence-corrected chi connectivity index (χ4v) is 3.04. The van der Waals surface area contributed by atoms with E-state index in [0.29, 0.717) is 33.9 Å². The second-order valence-corrected chi connectivity index (χ2v) is 6.52. The summed E-state index contributed by atoms with van der Waals surface area (Å²) >= 11 is 0. The van der Waals surface area contributed by atoms with E-state index in [-0.39, 0.29) is 5.69 Å². The zero-order valence-electron chi connectivity index (χ0n) is 16.1. The molecule has 31 heavy (non-hydrogen) atoms. The van der Waals surface area contributed by atoms with E-state index in [1.807, 2.05) is 0 Å². The standard InChI is InChI=1S/C22H14F3N5O/c1-31-16-6-7-19-17(10-16)21(30-20(29-19)14-3-2-8-27-12-14)28-15-5-4-13(11-26)18(9-15)22(23,24)25/h2-10,12H,1H3,(H,28,29,30). The van der Waals surface area contributed by atoms with Crippen molar-refractivity contribution in [1.82, 2.24) is 15.0 Å². The zero-order chi connectivity index (χ0) is 22.0. The molecule has 6 nitrogen and oxygen atoms in total. The van der Waals surface area contributed by atoms with Crippen molar-refractivity contribution in [3.63, 3.8) is 0 Å². The number of hydrogen-bond donors (Lipinski definition) is 1. The Morgan fingerprint density at radius 1 is 1.06 bits per heavy atom. The third kappa shape index (κ3) is 4.09. The van der Waals surface area contributed by atoms with Crippen LogP contribution in [0.4, 0.5) is 24.7 Å². The number of anilines is 2. The predicted octanol–water partition coefficient (Wildman–Crippen LogP) is 5.33. The number of benzene rings is 2. The summed E-state index contributed by atoms with van der Waals surface area (Å²) in [5.74, 6) is 1.20. The van der Waals surface area contributed by atoms with Gasteiger partial charge in [0.25, 0.3) is 0 Å². The fourth-order valence-electron chi connectivity index (χ4n) is 3.04. The van der Waals surface area contributed by atoms with E-state index in [9.17, 15) is 13.2 Å². The molecule has 0 saturated heterocycles. The van der Waals surface area contributed by atoms with Crippen molar-refractivity contribution in [2.75, 3.05) is 12.4 Å². The molecule has 4 aromatic rings. The molecule has 0 aliphatic carbocycles. The number of hydrogen-bond acceptors (Lipinski definition) is 6. The maximum absolute atomic E-state index is 13.4. The van der Waals surface area contributed by atoms with Crippen molar-refractivity contribution >= 4 is 22.4 Å². The Balaban J connectivity index is 1.87. The lowest BCUT2D eigenvalue weighted by atomic mass is 10.1. The average molecular weight is 421 g/mol. The van der Waals surface area contributed by atoms with E-state index in [4.69, 9.17) is 10.00 Å². The topological polar surface area (TPSA) is 83.7 Å². The molecule has 0 aliphatic heterocycles. The summed E-state index contributed by atoms with van der Waals surface area (Å²) in [4.78, 5) is 13.1. The number of nitrogens with zero attached hydrogens (tertiary/aromatic N) is 4. The van der Waals surface area contributed by atoms with E-state index in [2.05, 4.69) is 20.3 Å². The van der Waals surface area contributed by atoms with Crippen LogP contribution < -0.4 is 10.1 Å². The molecule has 0 unspecified atom stereocenters. The van der Waals surface area contributed by atoms with Crippen molar-refractivity contribution in [3.8, 4) is 23.2 Å². The average Bonchev–Trinajstić information content (AvgIpc) is 2.78. The van der Waals surface area contributed by atoms with Crippen LogP contribution in [-0.2, 0) is 6.18 Å². The number of halogens is 3. The Morgan fingerprint density at radius 3 is 2.58 bits per heavy atom. The molecule has 2 aromatic carbocycles. The summed E-state index contributed by atoms with van der Waals surface area (Å²) < 4.78 is 45.3. The molecule has 9 heteroatoms. The van der Waals surface area contributed by atoms with Crippen molar-refractivity contribution in [1.29, 1.82) is 5.26 Å². The highest BCUT2D eigenvalue weighted by Gasteiger charge is 2.34. The minimum absolute atomic E-state index is 0.131. The molecule has 0 bridgehead atoms. The van der Waals surface area contributed by atoms with Gasteiger partial charge in [-0.1, -0.05) is 0 Å². The van der Waals surface area contributed by atoms with Crippen LogP contribution in [0, 0.1) is 11.3 Å². The normalized spacial score (nSPS) is 11.2. The van der Waals surface area contributed by atoms with Crippen LogP contribution >= 0.6 is 0 Å². The van der Waals surface area contributed by atoms with Gasteiger partial charge in [0.05, 0.1) is 29.8 Å². The van der Waals surface area contributed by atoms with E-state index in [0.717, 1.165) is 12.1 Å². The Morgan fingerprint density at radius 2 is 1.90 bits per heavy atom. The highest BCUT2D eigenvalue weighted by molar-refractivity contribution is 5.93. The summed E-state index contributed by atoms with van der Waals surface area (Å²) in [7, 11) is 1.51.